The van der Waals surface area contributed by atoms with Gasteiger partial charge in [-0.1, -0.05) is 24.3 Å². The van der Waals surface area contributed by atoms with Crippen LogP contribution in [0.3, 0.4) is 0 Å². The van der Waals surface area contributed by atoms with E-state index in [1.165, 1.54) is 11.8 Å². The van der Waals surface area contributed by atoms with Gasteiger partial charge < -0.3 is 16.2 Å². The number of aromatic hydroxyl groups is 1. The average molecular weight is 302 g/mol. The van der Waals surface area contributed by atoms with Gasteiger partial charge in [-0.25, -0.2) is 0 Å². The van der Waals surface area contributed by atoms with Crippen molar-refractivity contribution in [3.63, 3.8) is 0 Å². The second-order valence-corrected chi connectivity index (χ2v) is 5.23. The lowest BCUT2D eigenvalue weighted by atomic mass is 10.1. The number of phenolic OH excluding ortho intramolecular Hbond substituents is 1. The predicted octanol–water partition coefficient (Wildman–Crippen LogP) is 2.22. The molecule has 2 amide bonds. The van der Waals surface area contributed by atoms with Crippen LogP contribution in [0.25, 0.3) is 0 Å². The van der Waals surface area contributed by atoms with Crippen LogP contribution in [0.15, 0.2) is 53.4 Å². The molecular formula is C15H14N2O3S. The van der Waals surface area contributed by atoms with Crippen molar-refractivity contribution in [2.45, 2.75) is 4.90 Å². The van der Waals surface area contributed by atoms with Crippen LogP contribution in [0.1, 0.15) is 10.4 Å². The van der Waals surface area contributed by atoms with E-state index in [1.807, 2.05) is 0 Å². The molecule has 6 heteroatoms. The molecule has 0 heterocycles. The van der Waals surface area contributed by atoms with Gasteiger partial charge in [0.1, 0.15) is 5.75 Å². The highest BCUT2D eigenvalue weighted by Crippen LogP contribution is 2.27. The molecule has 0 aromatic heterocycles. The minimum absolute atomic E-state index is 0.116. The molecule has 2 rings (SSSR count). The molecule has 5 nitrogen and oxygen atoms in total. The van der Waals surface area contributed by atoms with Gasteiger partial charge in [0.2, 0.25) is 5.91 Å². The van der Waals surface area contributed by atoms with Crippen molar-refractivity contribution in [3.05, 3.63) is 54.1 Å². The van der Waals surface area contributed by atoms with E-state index in [-0.39, 0.29) is 23.0 Å². The number of amides is 2. The first kappa shape index (κ1) is 14.9. The summed E-state index contributed by atoms with van der Waals surface area (Å²) in [4.78, 5) is 23.8. The Hall–Kier alpha value is -2.47. The van der Waals surface area contributed by atoms with Gasteiger partial charge in [-0.3, -0.25) is 9.59 Å². The van der Waals surface area contributed by atoms with Crippen molar-refractivity contribution in [1.82, 2.24) is 0 Å². The summed E-state index contributed by atoms with van der Waals surface area (Å²) in [5.41, 5.74) is 5.89. The molecular weight excluding hydrogens is 288 g/mol. The fraction of sp³-hybridized carbons (Fsp3) is 0.0667. The molecule has 0 radical (unpaired) electrons. The fourth-order valence-corrected chi connectivity index (χ4v) is 2.47. The molecule has 21 heavy (non-hydrogen) atoms. The van der Waals surface area contributed by atoms with Gasteiger partial charge in [-0.05, 0) is 24.3 Å². The third kappa shape index (κ3) is 4.00. The van der Waals surface area contributed by atoms with E-state index in [0.717, 1.165) is 0 Å². The SMILES string of the molecule is NC(=O)c1ccccc1NC(=O)CSc1ccccc1O. The molecule has 2 aromatic carbocycles. The number of primary amides is 1. The largest absolute Gasteiger partial charge is 0.507 e. The van der Waals surface area contributed by atoms with Crippen LogP contribution < -0.4 is 11.1 Å². The smallest absolute Gasteiger partial charge is 0.250 e. The van der Waals surface area contributed by atoms with E-state index in [2.05, 4.69) is 5.32 Å². The minimum Gasteiger partial charge on any atom is -0.507 e. The second kappa shape index (κ2) is 6.81. The Morgan fingerprint density at radius 3 is 2.48 bits per heavy atom. The lowest BCUT2D eigenvalue weighted by Crippen LogP contribution is -2.19. The highest BCUT2D eigenvalue weighted by Gasteiger charge is 2.11. The summed E-state index contributed by atoms with van der Waals surface area (Å²) in [6, 6.07) is 13.3. The lowest BCUT2D eigenvalue weighted by molar-refractivity contribution is -0.113. The maximum absolute atomic E-state index is 11.9. The number of carbonyl (C=O) groups is 2. The summed E-state index contributed by atoms with van der Waals surface area (Å²) in [5, 5.41) is 12.3. The number of nitrogens with one attached hydrogen (secondary N) is 1. The van der Waals surface area contributed by atoms with Crippen molar-refractivity contribution in [2.75, 3.05) is 11.1 Å². The third-order valence-corrected chi connectivity index (χ3v) is 3.75. The summed E-state index contributed by atoms with van der Waals surface area (Å²) in [5.74, 6) is -0.631. The van der Waals surface area contributed by atoms with Crippen LogP contribution in [0.2, 0.25) is 0 Å². The summed E-state index contributed by atoms with van der Waals surface area (Å²) in [6.07, 6.45) is 0. The number of para-hydroxylation sites is 2. The molecule has 0 aliphatic carbocycles. The van der Waals surface area contributed by atoms with Gasteiger partial charge in [0, 0.05) is 4.90 Å². The number of rotatable bonds is 5. The van der Waals surface area contributed by atoms with Crippen molar-refractivity contribution >= 4 is 29.3 Å². The van der Waals surface area contributed by atoms with E-state index in [4.69, 9.17) is 5.73 Å². The molecule has 0 aliphatic heterocycles. The van der Waals surface area contributed by atoms with Crippen LogP contribution >= 0.6 is 11.8 Å². The first-order valence-electron chi connectivity index (χ1n) is 6.17. The van der Waals surface area contributed by atoms with Crippen molar-refractivity contribution in [3.8, 4) is 5.75 Å². The second-order valence-electron chi connectivity index (χ2n) is 4.21. The Balaban J connectivity index is 2.00. The molecule has 0 bridgehead atoms. The lowest BCUT2D eigenvalue weighted by Gasteiger charge is -2.09. The molecule has 0 aliphatic rings. The summed E-state index contributed by atoms with van der Waals surface area (Å²) >= 11 is 1.21. The van der Waals surface area contributed by atoms with Crippen LogP contribution in [0, 0.1) is 0 Å². The van der Waals surface area contributed by atoms with Gasteiger partial charge in [0.25, 0.3) is 5.91 Å². The normalized spacial score (nSPS) is 10.1. The fourth-order valence-electron chi connectivity index (χ4n) is 1.72. The molecule has 2 aromatic rings. The van der Waals surface area contributed by atoms with Gasteiger partial charge in [-0.15, -0.1) is 11.8 Å². The van der Waals surface area contributed by atoms with Crippen molar-refractivity contribution in [2.24, 2.45) is 5.73 Å². The van der Waals surface area contributed by atoms with E-state index >= 15 is 0 Å². The number of anilines is 1. The molecule has 0 atom stereocenters. The zero-order valence-corrected chi connectivity index (χ0v) is 11.9. The topological polar surface area (TPSA) is 92.4 Å². The Morgan fingerprint density at radius 2 is 1.76 bits per heavy atom. The molecule has 4 N–H and O–H groups in total. The molecule has 108 valence electrons. The maximum atomic E-state index is 11.9. The minimum atomic E-state index is -0.598. The van der Waals surface area contributed by atoms with Crippen LogP contribution in [0.5, 0.6) is 5.75 Å². The standard InChI is InChI=1S/C15H14N2O3S/c16-15(20)10-5-1-2-6-11(10)17-14(19)9-21-13-8-4-3-7-12(13)18/h1-8,18H,9H2,(H2,16,20)(H,17,19). The molecule has 0 spiro atoms. The number of benzene rings is 2. The van der Waals surface area contributed by atoms with Gasteiger partial charge >= 0.3 is 0 Å². The van der Waals surface area contributed by atoms with Crippen molar-refractivity contribution in [1.29, 1.82) is 0 Å². The van der Waals surface area contributed by atoms with Crippen LogP contribution in [-0.2, 0) is 4.79 Å². The first-order valence-corrected chi connectivity index (χ1v) is 7.16. The molecule has 0 saturated heterocycles. The summed E-state index contributed by atoms with van der Waals surface area (Å²) in [6.45, 7) is 0. The zero-order chi connectivity index (χ0) is 15.2. The zero-order valence-electron chi connectivity index (χ0n) is 11.1. The molecule has 0 unspecified atom stereocenters. The van der Waals surface area contributed by atoms with Crippen LogP contribution in [0.4, 0.5) is 5.69 Å². The number of thioether (sulfide) groups is 1. The molecule has 0 fully saturated rings. The molecule has 0 saturated carbocycles. The van der Waals surface area contributed by atoms with Crippen LogP contribution in [-0.4, -0.2) is 22.7 Å². The Morgan fingerprint density at radius 1 is 1.10 bits per heavy atom. The van der Waals surface area contributed by atoms with Gasteiger partial charge in [0.15, 0.2) is 0 Å². The number of nitrogens with two attached hydrogens (primary N) is 1. The monoisotopic (exact) mass is 302 g/mol. The maximum Gasteiger partial charge on any atom is 0.250 e. The Labute approximate surface area is 126 Å². The Bertz CT molecular complexity index is 673. The highest BCUT2D eigenvalue weighted by atomic mass is 32.2. The van der Waals surface area contributed by atoms with Gasteiger partial charge in [-0.2, -0.15) is 0 Å². The van der Waals surface area contributed by atoms with E-state index < -0.39 is 5.91 Å². The van der Waals surface area contributed by atoms with E-state index in [1.54, 1.807) is 48.5 Å². The highest BCUT2D eigenvalue weighted by molar-refractivity contribution is 8.00. The summed E-state index contributed by atoms with van der Waals surface area (Å²) < 4.78 is 0. The quantitative estimate of drug-likeness (QED) is 0.738. The number of carbonyl (C=O) groups excluding carboxylic acids is 2. The third-order valence-electron chi connectivity index (χ3n) is 2.69. The number of hydrogen-bond acceptors (Lipinski definition) is 4. The first-order chi connectivity index (χ1) is 10.1. The van der Waals surface area contributed by atoms with E-state index in [0.29, 0.717) is 10.6 Å². The van der Waals surface area contributed by atoms with Crippen molar-refractivity contribution < 1.29 is 14.7 Å². The number of hydrogen-bond donors (Lipinski definition) is 3. The Kier molecular flexibility index (Phi) is 4.84. The van der Waals surface area contributed by atoms with E-state index in [9.17, 15) is 14.7 Å². The number of phenols is 1. The summed E-state index contributed by atoms with van der Waals surface area (Å²) in [7, 11) is 0. The predicted molar refractivity (Wildman–Crippen MR) is 82.4 cm³/mol. The van der Waals surface area contributed by atoms with Gasteiger partial charge in [0.05, 0.1) is 17.0 Å². The average Bonchev–Trinajstić information content (AvgIpc) is 2.47.